The van der Waals surface area contributed by atoms with Crippen LogP contribution in [-0.2, 0) is 11.3 Å². The Bertz CT molecular complexity index is 387. The minimum atomic E-state index is -0.0782. The average molecular weight is 238 g/mol. The first-order valence-corrected chi connectivity index (χ1v) is 5.50. The number of nitrogens with zero attached hydrogens (tertiary/aromatic N) is 1. The molecule has 0 fully saturated rings. The van der Waals surface area contributed by atoms with Crippen LogP contribution in [0.25, 0.3) is 0 Å². The summed E-state index contributed by atoms with van der Waals surface area (Å²) in [5.41, 5.74) is 0. The van der Waals surface area contributed by atoms with Gasteiger partial charge in [-0.15, -0.1) is 0 Å². The molecule has 0 saturated heterocycles. The fraction of sp³-hybridized carbons (Fsp3) is 0.500. The summed E-state index contributed by atoms with van der Waals surface area (Å²) in [5.74, 6) is 0.988. The number of hydrogen-bond donors (Lipinski definition) is 1. The molecule has 0 aliphatic rings. The molecule has 0 aromatic carbocycles. The molecule has 1 heterocycles. The average Bonchev–Trinajstić information content (AvgIpc) is 2.75. The molecule has 0 spiro atoms. The van der Waals surface area contributed by atoms with E-state index in [1.165, 1.54) is 0 Å². The van der Waals surface area contributed by atoms with Crippen molar-refractivity contribution >= 4 is 12.2 Å². The molecule has 0 aliphatic carbocycles. The van der Waals surface area contributed by atoms with Crippen molar-refractivity contribution in [3.8, 4) is 0 Å². The smallest absolute Gasteiger partial charge is 0.223 e. The highest BCUT2D eigenvalue weighted by Crippen LogP contribution is 2.09. The molecule has 94 valence electrons. The van der Waals surface area contributed by atoms with E-state index in [2.05, 4.69) is 5.32 Å². The van der Waals surface area contributed by atoms with Gasteiger partial charge in [0.25, 0.3) is 0 Å². The lowest BCUT2D eigenvalue weighted by atomic mass is 10.1. The quantitative estimate of drug-likeness (QED) is 0.748. The van der Waals surface area contributed by atoms with Gasteiger partial charge in [0.05, 0.1) is 6.54 Å². The van der Waals surface area contributed by atoms with E-state index in [1.54, 1.807) is 19.2 Å². The second-order valence-electron chi connectivity index (χ2n) is 4.13. The maximum Gasteiger partial charge on any atom is 0.223 e. The minimum absolute atomic E-state index is 0.0184. The highest BCUT2D eigenvalue weighted by molar-refractivity contribution is 5.78. The summed E-state index contributed by atoms with van der Waals surface area (Å²) in [6.45, 7) is 3.08. The Labute approximate surface area is 101 Å². The zero-order chi connectivity index (χ0) is 12.8. The molecule has 0 aliphatic heterocycles. The van der Waals surface area contributed by atoms with E-state index in [-0.39, 0.29) is 11.8 Å². The zero-order valence-corrected chi connectivity index (χ0v) is 10.4. The molecule has 1 N–H and O–H groups in total. The number of rotatable bonds is 6. The highest BCUT2D eigenvalue weighted by atomic mass is 16.3. The Kier molecular flexibility index (Phi) is 4.90. The number of hydrogen-bond acceptors (Lipinski definition) is 4. The van der Waals surface area contributed by atoms with Gasteiger partial charge in [0.1, 0.15) is 5.76 Å². The minimum Gasteiger partial charge on any atom is -0.457 e. The SMILES string of the molecule is CNC(=O)C(C)CN(C)Cc1ccc(C=O)o1. The van der Waals surface area contributed by atoms with Crippen LogP contribution in [0.3, 0.4) is 0 Å². The lowest BCUT2D eigenvalue weighted by Crippen LogP contribution is -2.34. The summed E-state index contributed by atoms with van der Waals surface area (Å²) in [6.07, 6.45) is 0.677. The third-order valence-corrected chi connectivity index (χ3v) is 2.50. The Morgan fingerprint density at radius 1 is 1.59 bits per heavy atom. The molecule has 0 bridgehead atoms. The first kappa shape index (κ1) is 13.4. The van der Waals surface area contributed by atoms with E-state index in [0.717, 1.165) is 5.76 Å². The van der Waals surface area contributed by atoms with Gasteiger partial charge in [-0.3, -0.25) is 14.5 Å². The van der Waals surface area contributed by atoms with E-state index < -0.39 is 0 Å². The van der Waals surface area contributed by atoms with Crippen molar-refractivity contribution in [3.63, 3.8) is 0 Å². The molecule has 5 heteroatoms. The summed E-state index contributed by atoms with van der Waals surface area (Å²) in [4.78, 5) is 23.8. The van der Waals surface area contributed by atoms with Gasteiger partial charge in [-0.2, -0.15) is 0 Å². The number of amides is 1. The van der Waals surface area contributed by atoms with Crippen molar-refractivity contribution in [3.05, 3.63) is 23.7 Å². The number of nitrogens with one attached hydrogen (secondary N) is 1. The van der Waals surface area contributed by atoms with E-state index in [1.807, 2.05) is 18.9 Å². The van der Waals surface area contributed by atoms with Crippen LogP contribution in [0, 0.1) is 5.92 Å². The zero-order valence-electron chi connectivity index (χ0n) is 10.4. The van der Waals surface area contributed by atoms with E-state index >= 15 is 0 Å². The Morgan fingerprint density at radius 2 is 2.29 bits per heavy atom. The van der Waals surface area contributed by atoms with Crippen molar-refractivity contribution in [1.29, 1.82) is 0 Å². The summed E-state index contributed by atoms with van der Waals surface area (Å²) in [6, 6.07) is 3.41. The first-order chi connectivity index (χ1) is 8.06. The van der Waals surface area contributed by atoms with Crippen LogP contribution in [0.4, 0.5) is 0 Å². The Hall–Kier alpha value is -1.62. The van der Waals surface area contributed by atoms with Crippen LogP contribution < -0.4 is 5.32 Å². The topological polar surface area (TPSA) is 62.6 Å². The monoisotopic (exact) mass is 238 g/mol. The molecule has 5 nitrogen and oxygen atoms in total. The Morgan fingerprint density at radius 3 is 2.82 bits per heavy atom. The van der Waals surface area contributed by atoms with Crippen molar-refractivity contribution < 1.29 is 14.0 Å². The fourth-order valence-electron chi connectivity index (χ4n) is 1.67. The van der Waals surface area contributed by atoms with Gasteiger partial charge in [-0.05, 0) is 19.2 Å². The largest absolute Gasteiger partial charge is 0.457 e. The number of carbonyl (C=O) groups excluding carboxylic acids is 2. The standard InChI is InChI=1S/C12H18N2O3/c1-9(12(16)13-2)6-14(3)7-10-4-5-11(8-15)17-10/h4-5,8-9H,6-7H2,1-3H3,(H,13,16). The summed E-state index contributed by atoms with van der Waals surface area (Å²) in [7, 11) is 3.53. The van der Waals surface area contributed by atoms with Gasteiger partial charge in [-0.25, -0.2) is 0 Å². The van der Waals surface area contributed by atoms with Gasteiger partial charge in [0.15, 0.2) is 12.0 Å². The maximum absolute atomic E-state index is 11.3. The predicted molar refractivity (Wildman–Crippen MR) is 63.7 cm³/mol. The summed E-state index contributed by atoms with van der Waals surface area (Å²) >= 11 is 0. The molecule has 0 radical (unpaired) electrons. The Balaban J connectivity index is 2.46. The normalized spacial score (nSPS) is 12.5. The number of aldehydes is 1. The van der Waals surface area contributed by atoms with Crippen LogP contribution in [0.15, 0.2) is 16.5 Å². The summed E-state index contributed by atoms with van der Waals surface area (Å²) < 4.78 is 5.26. The van der Waals surface area contributed by atoms with Gasteiger partial charge in [-0.1, -0.05) is 6.92 Å². The van der Waals surface area contributed by atoms with Gasteiger partial charge in [0, 0.05) is 19.5 Å². The van der Waals surface area contributed by atoms with E-state index in [9.17, 15) is 9.59 Å². The number of furan rings is 1. The van der Waals surface area contributed by atoms with Crippen LogP contribution in [0.2, 0.25) is 0 Å². The molecule has 1 unspecified atom stereocenters. The second kappa shape index (κ2) is 6.20. The van der Waals surface area contributed by atoms with E-state index in [0.29, 0.717) is 25.1 Å². The van der Waals surface area contributed by atoms with Gasteiger partial charge >= 0.3 is 0 Å². The number of carbonyl (C=O) groups is 2. The van der Waals surface area contributed by atoms with Crippen molar-refractivity contribution in [2.24, 2.45) is 5.92 Å². The van der Waals surface area contributed by atoms with Crippen LogP contribution in [-0.4, -0.2) is 37.7 Å². The lowest BCUT2D eigenvalue weighted by Gasteiger charge is -2.19. The molecule has 17 heavy (non-hydrogen) atoms. The molecule has 1 aromatic rings. The molecule has 1 amide bonds. The van der Waals surface area contributed by atoms with Crippen LogP contribution in [0.1, 0.15) is 23.2 Å². The molecule has 1 aromatic heterocycles. The lowest BCUT2D eigenvalue weighted by molar-refractivity contribution is -0.124. The first-order valence-electron chi connectivity index (χ1n) is 5.50. The fourth-order valence-corrected chi connectivity index (χ4v) is 1.67. The van der Waals surface area contributed by atoms with Crippen molar-refractivity contribution in [1.82, 2.24) is 10.2 Å². The molecular weight excluding hydrogens is 220 g/mol. The van der Waals surface area contributed by atoms with Crippen LogP contribution >= 0.6 is 0 Å². The molecule has 0 saturated carbocycles. The third kappa shape index (κ3) is 4.03. The van der Waals surface area contributed by atoms with Crippen molar-refractivity contribution in [2.75, 3.05) is 20.6 Å². The van der Waals surface area contributed by atoms with Gasteiger partial charge < -0.3 is 9.73 Å². The van der Waals surface area contributed by atoms with Gasteiger partial charge in [0.2, 0.25) is 5.91 Å². The highest BCUT2D eigenvalue weighted by Gasteiger charge is 2.14. The maximum atomic E-state index is 11.3. The predicted octanol–water partition coefficient (Wildman–Crippen LogP) is 0.906. The van der Waals surface area contributed by atoms with Crippen LogP contribution in [0.5, 0.6) is 0 Å². The van der Waals surface area contributed by atoms with E-state index in [4.69, 9.17) is 4.42 Å². The molecular formula is C12H18N2O3. The second-order valence-corrected chi connectivity index (χ2v) is 4.13. The molecule has 1 atom stereocenters. The third-order valence-electron chi connectivity index (χ3n) is 2.50. The molecule has 1 rings (SSSR count). The van der Waals surface area contributed by atoms with Crippen molar-refractivity contribution in [2.45, 2.75) is 13.5 Å². The summed E-state index contributed by atoms with van der Waals surface area (Å²) in [5, 5.41) is 2.61.